The SMILES string of the molecule is CC(=O)c1cc2cc(CC(=O)c3cn[nH]n3)ccc2[nH]1. The van der Waals surface area contributed by atoms with Gasteiger partial charge in [-0.25, -0.2) is 0 Å². The van der Waals surface area contributed by atoms with Gasteiger partial charge in [0, 0.05) is 24.2 Å². The van der Waals surface area contributed by atoms with Gasteiger partial charge in [-0.3, -0.25) is 9.59 Å². The first-order valence-electron chi connectivity index (χ1n) is 6.15. The molecule has 0 aliphatic rings. The van der Waals surface area contributed by atoms with Crippen molar-refractivity contribution >= 4 is 22.5 Å². The molecule has 2 heterocycles. The van der Waals surface area contributed by atoms with Crippen molar-refractivity contribution in [3.8, 4) is 0 Å². The van der Waals surface area contributed by atoms with E-state index in [1.165, 1.54) is 13.1 Å². The first kappa shape index (κ1) is 12.3. The van der Waals surface area contributed by atoms with Gasteiger partial charge in [0.15, 0.2) is 11.6 Å². The third kappa shape index (κ3) is 2.23. The summed E-state index contributed by atoms with van der Waals surface area (Å²) < 4.78 is 0. The van der Waals surface area contributed by atoms with Crippen molar-refractivity contribution in [3.05, 3.63) is 47.4 Å². The lowest BCUT2D eigenvalue weighted by Gasteiger charge is -1.99. The number of nitrogens with one attached hydrogen (secondary N) is 2. The van der Waals surface area contributed by atoms with Gasteiger partial charge in [0.1, 0.15) is 5.69 Å². The van der Waals surface area contributed by atoms with E-state index < -0.39 is 0 Å². The molecule has 6 nitrogen and oxygen atoms in total. The number of ketones is 2. The third-order valence-electron chi connectivity index (χ3n) is 3.13. The van der Waals surface area contributed by atoms with Crippen molar-refractivity contribution in [2.45, 2.75) is 13.3 Å². The molecule has 100 valence electrons. The van der Waals surface area contributed by atoms with Crippen LogP contribution in [-0.4, -0.2) is 32.0 Å². The largest absolute Gasteiger partial charge is 0.352 e. The summed E-state index contributed by atoms with van der Waals surface area (Å²) in [5.41, 5.74) is 2.65. The average Bonchev–Trinajstić information content (AvgIpc) is 3.07. The number of carbonyl (C=O) groups is 2. The van der Waals surface area contributed by atoms with E-state index >= 15 is 0 Å². The van der Waals surface area contributed by atoms with Crippen LogP contribution in [0.25, 0.3) is 10.9 Å². The second kappa shape index (κ2) is 4.73. The summed E-state index contributed by atoms with van der Waals surface area (Å²) >= 11 is 0. The van der Waals surface area contributed by atoms with Crippen molar-refractivity contribution in [1.82, 2.24) is 20.4 Å². The Labute approximate surface area is 114 Å². The summed E-state index contributed by atoms with van der Waals surface area (Å²) in [5.74, 6) is -0.109. The molecule has 0 aliphatic carbocycles. The number of benzene rings is 1. The lowest BCUT2D eigenvalue weighted by molar-refractivity contribution is 0.0985. The van der Waals surface area contributed by atoms with Gasteiger partial charge in [-0.15, -0.1) is 0 Å². The van der Waals surface area contributed by atoms with Gasteiger partial charge in [-0.2, -0.15) is 15.4 Å². The van der Waals surface area contributed by atoms with Crippen molar-refractivity contribution < 1.29 is 9.59 Å². The maximum absolute atomic E-state index is 11.9. The van der Waals surface area contributed by atoms with Gasteiger partial charge >= 0.3 is 0 Å². The molecule has 0 saturated heterocycles. The Morgan fingerprint density at radius 1 is 1.25 bits per heavy atom. The molecule has 6 heteroatoms. The van der Waals surface area contributed by atoms with Crippen LogP contribution in [0.4, 0.5) is 0 Å². The van der Waals surface area contributed by atoms with Crippen molar-refractivity contribution in [2.75, 3.05) is 0 Å². The lowest BCUT2D eigenvalue weighted by atomic mass is 10.1. The highest BCUT2D eigenvalue weighted by atomic mass is 16.1. The number of carbonyl (C=O) groups excluding carboxylic acids is 2. The van der Waals surface area contributed by atoms with Crippen molar-refractivity contribution in [2.24, 2.45) is 0 Å². The number of hydrogen-bond acceptors (Lipinski definition) is 4. The molecule has 0 saturated carbocycles. The fourth-order valence-electron chi connectivity index (χ4n) is 2.09. The molecule has 2 N–H and O–H groups in total. The quantitative estimate of drug-likeness (QED) is 0.707. The Morgan fingerprint density at radius 3 is 2.80 bits per heavy atom. The molecule has 0 atom stereocenters. The molecular weight excluding hydrogens is 256 g/mol. The smallest absolute Gasteiger partial charge is 0.189 e. The lowest BCUT2D eigenvalue weighted by Crippen LogP contribution is -2.03. The van der Waals surface area contributed by atoms with Gasteiger partial charge in [0.25, 0.3) is 0 Å². The third-order valence-corrected chi connectivity index (χ3v) is 3.13. The predicted molar refractivity (Wildman–Crippen MR) is 72.7 cm³/mol. The number of fused-ring (bicyclic) bond motifs is 1. The van der Waals surface area contributed by atoms with Crippen LogP contribution in [0.5, 0.6) is 0 Å². The van der Waals surface area contributed by atoms with Crippen LogP contribution in [0.3, 0.4) is 0 Å². The van der Waals surface area contributed by atoms with E-state index in [0.29, 0.717) is 11.4 Å². The van der Waals surface area contributed by atoms with Crippen LogP contribution in [-0.2, 0) is 6.42 Å². The molecule has 2 aromatic heterocycles. The molecule has 0 unspecified atom stereocenters. The molecule has 0 bridgehead atoms. The van der Waals surface area contributed by atoms with Gasteiger partial charge in [-0.05, 0) is 23.8 Å². The number of Topliss-reactive ketones (excluding diaryl/α,β-unsaturated/α-hetero) is 2. The first-order chi connectivity index (χ1) is 9.63. The van der Waals surface area contributed by atoms with E-state index in [2.05, 4.69) is 20.4 Å². The topological polar surface area (TPSA) is 91.5 Å². The second-order valence-electron chi connectivity index (χ2n) is 4.62. The number of aromatic amines is 2. The van der Waals surface area contributed by atoms with Crippen molar-refractivity contribution in [1.29, 1.82) is 0 Å². The molecule has 20 heavy (non-hydrogen) atoms. The van der Waals surface area contributed by atoms with Crippen LogP contribution >= 0.6 is 0 Å². The highest BCUT2D eigenvalue weighted by molar-refractivity contribution is 5.99. The molecule has 0 spiro atoms. The summed E-state index contributed by atoms with van der Waals surface area (Å²) in [6.07, 6.45) is 1.66. The Morgan fingerprint density at radius 2 is 2.10 bits per heavy atom. The number of aromatic nitrogens is 4. The Bertz CT molecular complexity index is 787. The van der Waals surface area contributed by atoms with E-state index in [1.807, 2.05) is 18.2 Å². The van der Waals surface area contributed by atoms with Crippen LogP contribution in [0, 0.1) is 0 Å². The van der Waals surface area contributed by atoms with Gasteiger partial charge in [-0.1, -0.05) is 6.07 Å². The number of H-pyrrole nitrogens is 2. The monoisotopic (exact) mass is 268 g/mol. The molecule has 0 aliphatic heterocycles. The molecular formula is C14H12N4O2. The molecule has 0 fully saturated rings. The average molecular weight is 268 g/mol. The summed E-state index contributed by atoms with van der Waals surface area (Å²) in [4.78, 5) is 26.3. The summed E-state index contributed by atoms with van der Waals surface area (Å²) in [7, 11) is 0. The van der Waals surface area contributed by atoms with E-state index in [0.717, 1.165) is 16.5 Å². The molecule has 0 radical (unpaired) electrons. The maximum Gasteiger partial charge on any atom is 0.189 e. The minimum atomic E-state index is -0.0968. The second-order valence-corrected chi connectivity index (χ2v) is 4.62. The molecule has 0 amide bonds. The van der Waals surface area contributed by atoms with E-state index in [-0.39, 0.29) is 18.0 Å². The summed E-state index contributed by atoms with van der Waals surface area (Å²) in [5, 5.41) is 10.7. The van der Waals surface area contributed by atoms with Crippen LogP contribution < -0.4 is 0 Å². The normalized spacial score (nSPS) is 10.8. The predicted octanol–water partition coefficient (Wildman–Crippen LogP) is 1.91. The fraction of sp³-hybridized carbons (Fsp3) is 0.143. The number of hydrogen-bond donors (Lipinski definition) is 2. The Kier molecular flexibility index (Phi) is 2.90. The van der Waals surface area contributed by atoms with Crippen LogP contribution in [0.1, 0.15) is 33.5 Å². The zero-order valence-corrected chi connectivity index (χ0v) is 10.8. The zero-order chi connectivity index (χ0) is 14.1. The molecule has 3 aromatic rings. The standard InChI is InChI=1S/C14H12N4O2/c1-8(19)12-6-10-4-9(2-3-11(10)16-12)5-14(20)13-7-15-18-17-13/h2-4,6-7,16H,5H2,1H3,(H,15,17,18). The van der Waals surface area contributed by atoms with E-state index in [1.54, 1.807) is 6.07 Å². The highest BCUT2D eigenvalue weighted by Gasteiger charge is 2.11. The van der Waals surface area contributed by atoms with Gasteiger partial charge < -0.3 is 4.98 Å². The minimum absolute atomic E-state index is 0.0126. The summed E-state index contributed by atoms with van der Waals surface area (Å²) in [6, 6.07) is 7.42. The van der Waals surface area contributed by atoms with Crippen molar-refractivity contribution in [3.63, 3.8) is 0 Å². The maximum atomic E-state index is 11.9. The number of rotatable bonds is 4. The van der Waals surface area contributed by atoms with Gasteiger partial charge in [0.2, 0.25) is 0 Å². The fourth-order valence-corrected chi connectivity index (χ4v) is 2.09. The van der Waals surface area contributed by atoms with E-state index in [9.17, 15) is 9.59 Å². The molecule has 1 aromatic carbocycles. The first-order valence-corrected chi connectivity index (χ1v) is 6.15. The Hall–Kier alpha value is -2.76. The minimum Gasteiger partial charge on any atom is -0.352 e. The Balaban J connectivity index is 1.89. The van der Waals surface area contributed by atoms with Gasteiger partial charge in [0.05, 0.1) is 11.9 Å². The summed E-state index contributed by atoms with van der Waals surface area (Å²) in [6.45, 7) is 1.51. The highest BCUT2D eigenvalue weighted by Crippen LogP contribution is 2.18. The zero-order valence-electron chi connectivity index (χ0n) is 10.8. The van der Waals surface area contributed by atoms with E-state index in [4.69, 9.17) is 0 Å². The van der Waals surface area contributed by atoms with Crippen LogP contribution in [0.2, 0.25) is 0 Å². The number of nitrogens with zero attached hydrogens (tertiary/aromatic N) is 2. The molecule has 3 rings (SSSR count). The van der Waals surface area contributed by atoms with Crippen LogP contribution in [0.15, 0.2) is 30.5 Å².